The molecule has 0 spiro atoms. The van der Waals surface area contributed by atoms with E-state index in [0.717, 1.165) is 0 Å². The number of nitrogens with one attached hydrogen (secondary N) is 3. The Morgan fingerprint density at radius 1 is 1.18 bits per heavy atom. The molecule has 4 aromatic rings. The molecule has 2 aromatic heterocycles. The van der Waals surface area contributed by atoms with Crippen molar-refractivity contribution in [1.29, 1.82) is 0 Å². The first kappa shape index (κ1) is 18.5. The van der Waals surface area contributed by atoms with Crippen LogP contribution in [0.2, 0.25) is 5.02 Å². The molecular weight excluding hydrogens is 456 g/mol. The van der Waals surface area contributed by atoms with E-state index in [2.05, 4.69) is 20.6 Å². The summed E-state index contributed by atoms with van der Waals surface area (Å²) in [5.41, 5.74) is -0.877. The zero-order valence-electron chi connectivity index (χ0n) is 20.9. The molecule has 172 valence electrons. The summed E-state index contributed by atoms with van der Waals surface area (Å²) in [4.78, 5) is 33.7. The van der Waals surface area contributed by atoms with Crippen LogP contribution >= 0.6 is 11.6 Å². The number of hydrogen-bond donors (Lipinski definition) is 3. The zero-order valence-corrected chi connectivity index (χ0v) is 18.7. The number of aromatic amines is 1. The number of ketones is 1. The zero-order chi connectivity index (χ0) is 26.4. The van der Waals surface area contributed by atoms with E-state index in [1.54, 1.807) is 30.3 Å². The molecule has 3 heterocycles. The van der Waals surface area contributed by atoms with Crippen LogP contribution in [0.1, 0.15) is 26.9 Å². The van der Waals surface area contributed by atoms with Gasteiger partial charge in [0.15, 0.2) is 5.78 Å². The number of hydrogen-bond acceptors (Lipinski definition) is 6. The molecule has 0 radical (unpaired) electrons. The van der Waals surface area contributed by atoms with Gasteiger partial charge in [0.25, 0.3) is 5.91 Å². The molecule has 5 rings (SSSR count). The van der Waals surface area contributed by atoms with Crippen LogP contribution in [0.5, 0.6) is 11.5 Å². The largest absolute Gasteiger partial charge is 0.457 e. The quantitative estimate of drug-likeness (QED) is 0.336. The number of amides is 1. The summed E-state index contributed by atoms with van der Waals surface area (Å²) in [7, 11) is 1.30. The van der Waals surface area contributed by atoms with Crippen LogP contribution in [0.15, 0.2) is 60.9 Å². The molecule has 0 bridgehead atoms. The molecule has 8 nitrogen and oxygen atoms in total. The summed E-state index contributed by atoms with van der Waals surface area (Å²) in [6.07, 6.45) is 2.85. The lowest BCUT2D eigenvalue weighted by Gasteiger charge is -2.35. The number of anilines is 2. The predicted octanol–water partition coefficient (Wildman–Crippen LogP) is 5.01. The standard InChI is InChI=1S/C25H21ClN4O4/c1-25(13-33-2)24(32)29-19-12-28-23-20(21(19)30-25)17(11-27-23)22(31)16-9-8-15(10-18(16)26)34-14-6-4-3-5-7-14/h3-12,30H,13H2,1-2H3,(H,27,28)(H,29,32)/t25-/m0/s1/i1D3. The normalized spacial score (nSPS) is 18.8. The Morgan fingerprint density at radius 3 is 2.74 bits per heavy atom. The molecule has 34 heavy (non-hydrogen) atoms. The van der Waals surface area contributed by atoms with Gasteiger partial charge in [-0.3, -0.25) is 9.59 Å². The Morgan fingerprint density at radius 2 is 2.00 bits per heavy atom. The van der Waals surface area contributed by atoms with Gasteiger partial charge in [-0.25, -0.2) is 4.98 Å². The summed E-state index contributed by atoms with van der Waals surface area (Å²) >= 11 is 6.48. The van der Waals surface area contributed by atoms with Crippen molar-refractivity contribution in [3.63, 3.8) is 0 Å². The summed E-state index contributed by atoms with van der Waals surface area (Å²) in [6.45, 7) is -3.19. The molecule has 0 saturated carbocycles. The van der Waals surface area contributed by atoms with E-state index in [1.165, 1.54) is 19.5 Å². The summed E-state index contributed by atoms with van der Waals surface area (Å²) in [6, 6.07) is 13.9. The number of H-pyrrole nitrogens is 1. The molecule has 1 aliphatic rings. The van der Waals surface area contributed by atoms with E-state index in [9.17, 15) is 9.59 Å². The number of fused-ring (bicyclic) bond motifs is 3. The maximum absolute atomic E-state index is 13.6. The van der Waals surface area contributed by atoms with Crippen LogP contribution in [0.25, 0.3) is 11.0 Å². The number of carbonyl (C=O) groups excluding carboxylic acids is 2. The second kappa shape index (κ2) is 8.48. The molecule has 9 heteroatoms. The molecule has 1 amide bonds. The predicted molar refractivity (Wildman–Crippen MR) is 130 cm³/mol. The number of benzene rings is 2. The number of aromatic nitrogens is 2. The first-order valence-corrected chi connectivity index (χ1v) is 10.7. The van der Waals surface area contributed by atoms with E-state index in [4.69, 9.17) is 25.2 Å². The van der Waals surface area contributed by atoms with E-state index >= 15 is 0 Å². The maximum atomic E-state index is 13.6. The number of rotatable bonds is 6. The third-order valence-corrected chi connectivity index (χ3v) is 5.76. The van der Waals surface area contributed by atoms with Gasteiger partial charge < -0.3 is 25.1 Å². The summed E-state index contributed by atoms with van der Waals surface area (Å²) in [5.74, 6) is -0.142. The number of pyridine rings is 1. The third-order valence-electron chi connectivity index (χ3n) is 5.45. The highest BCUT2D eigenvalue weighted by Crippen LogP contribution is 2.39. The van der Waals surface area contributed by atoms with Crippen LogP contribution in [0.4, 0.5) is 11.4 Å². The third kappa shape index (κ3) is 3.76. The van der Waals surface area contributed by atoms with Crippen molar-refractivity contribution in [1.82, 2.24) is 9.97 Å². The van der Waals surface area contributed by atoms with Gasteiger partial charge in [-0.05, 0) is 31.1 Å². The van der Waals surface area contributed by atoms with Crippen molar-refractivity contribution in [2.24, 2.45) is 0 Å². The molecule has 0 unspecified atom stereocenters. The molecule has 0 fully saturated rings. The monoisotopic (exact) mass is 479 g/mol. The van der Waals surface area contributed by atoms with Gasteiger partial charge >= 0.3 is 0 Å². The van der Waals surface area contributed by atoms with Crippen LogP contribution in [-0.4, -0.2) is 40.9 Å². The fourth-order valence-corrected chi connectivity index (χ4v) is 4.09. The minimum Gasteiger partial charge on any atom is -0.457 e. The first-order valence-electron chi connectivity index (χ1n) is 11.8. The van der Waals surface area contributed by atoms with Gasteiger partial charge in [0, 0.05) is 29.0 Å². The number of para-hydroxylation sites is 1. The molecule has 1 aliphatic heterocycles. The van der Waals surface area contributed by atoms with Crippen molar-refractivity contribution >= 4 is 45.7 Å². The number of nitrogens with zero attached hydrogens (tertiary/aromatic N) is 1. The van der Waals surface area contributed by atoms with Crippen LogP contribution in [0.3, 0.4) is 0 Å². The Bertz CT molecular complexity index is 1520. The number of methoxy groups -OCH3 is 1. The fourth-order valence-electron chi connectivity index (χ4n) is 3.83. The molecule has 1 atom stereocenters. The van der Waals surface area contributed by atoms with E-state index in [1.807, 2.05) is 18.2 Å². The average Bonchev–Trinajstić information content (AvgIpc) is 3.29. The van der Waals surface area contributed by atoms with Crippen molar-refractivity contribution < 1.29 is 23.2 Å². The fraction of sp³-hybridized carbons (Fsp3) is 0.160. The highest BCUT2D eigenvalue weighted by molar-refractivity contribution is 6.36. The van der Waals surface area contributed by atoms with Gasteiger partial charge in [0.1, 0.15) is 22.7 Å². The summed E-state index contributed by atoms with van der Waals surface area (Å²) in [5, 5.41) is 5.95. The van der Waals surface area contributed by atoms with Crippen LogP contribution in [-0.2, 0) is 9.53 Å². The topological polar surface area (TPSA) is 105 Å². The molecule has 2 aromatic carbocycles. The SMILES string of the molecule is [2H]C([2H])([2H])[C@@]1(COC)Nc2c(cnc3[nH]cc(C(=O)c4ccc(Oc5ccccc5)cc4Cl)c23)NC1=O. The van der Waals surface area contributed by atoms with E-state index in [0.29, 0.717) is 22.5 Å². The highest BCUT2D eigenvalue weighted by atomic mass is 35.5. The van der Waals surface area contributed by atoms with Gasteiger partial charge in [-0.15, -0.1) is 0 Å². The van der Waals surface area contributed by atoms with Crippen molar-refractivity contribution in [3.8, 4) is 11.5 Å². The van der Waals surface area contributed by atoms with Crippen LogP contribution in [0, 0.1) is 0 Å². The van der Waals surface area contributed by atoms with Gasteiger partial charge in [-0.1, -0.05) is 29.8 Å². The smallest absolute Gasteiger partial charge is 0.252 e. The van der Waals surface area contributed by atoms with E-state index < -0.39 is 30.7 Å². The second-order valence-corrected chi connectivity index (χ2v) is 8.18. The van der Waals surface area contributed by atoms with Crippen molar-refractivity contribution in [2.75, 3.05) is 24.4 Å². The minimum absolute atomic E-state index is 0.169. The minimum atomic E-state index is -2.77. The highest BCUT2D eigenvalue weighted by Gasteiger charge is 2.39. The second-order valence-electron chi connectivity index (χ2n) is 7.78. The van der Waals surface area contributed by atoms with E-state index in [-0.39, 0.29) is 27.5 Å². The molecule has 3 N–H and O–H groups in total. The molecule has 0 aliphatic carbocycles. The van der Waals surface area contributed by atoms with Gasteiger partial charge in [0.2, 0.25) is 0 Å². The van der Waals surface area contributed by atoms with Gasteiger partial charge in [0.05, 0.1) is 40.2 Å². The van der Waals surface area contributed by atoms with Crippen molar-refractivity contribution in [2.45, 2.75) is 12.4 Å². The summed E-state index contributed by atoms with van der Waals surface area (Å²) < 4.78 is 35.0. The number of halogens is 1. The number of carbonyl (C=O) groups is 2. The lowest BCUT2D eigenvalue weighted by Crippen LogP contribution is -2.53. The Balaban J connectivity index is 1.56. The maximum Gasteiger partial charge on any atom is 0.252 e. The lowest BCUT2D eigenvalue weighted by atomic mass is 9.96. The van der Waals surface area contributed by atoms with Crippen LogP contribution < -0.4 is 15.4 Å². The number of ether oxygens (including phenoxy) is 2. The van der Waals surface area contributed by atoms with Crippen molar-refractivity contribution in [3.05, 3.63) is 77.1 Å². The molecular formula is C25H21ClN4O4. The Labute approximate surface area is 204 Å². The average molecular weight is 480 g/mol. The molecule has 0 saturated heterocycles. The van der Waals surface area contributed by atoms with Gasteiger partial charge in [-0.2, -0.15) is 0 Å². The Kier molecular flexibility index (Phi) is 4.62. The lowest BCUT2D eigenvalue weighted by molar-refractivity contribution is -0.121. The first-order chi connectivity index (χ1) is 17.6. The Hall–Kier alpha value is -3.88.